The van der Waals surface area contributed by atoms with Crippen LogP contribution in [0, 0.1) is 5.82 Å². The van der Waals surface area contributed by atoms with E-state index in [2.05, 4.69) is 5.32 Å². The van der Waals surface area contributed by atoms with Crippen LogP contribution >= 0.6 is 11.8 Å². The fourth-order valence-electron chi connectivity index (χ4n) is 1.34. The molecule has 0 bridgehead atoms. The molecule has 0 aliphatic rings. The van der Waals surface area contributed by atoms with E-state index in [4.69, 9.17) is 4.74 Å². The Labute approximate surface area is 107 Å². The Morgan fingerprint density at radius 3 is 2.71 bits per heavy atom. The molecule has 0 aliphatic heterocycles. The number of benzene rings is 1. The minimum atomic E-state index is -0.177. The van der Waals surface area contributed by atoms with Crippen molar-refractivity contribution in [1.82, 2.24) is 5.32 Å². The topological polar surface area (TPSA) is 21.3 Å². The van der Waals surface area contributed by atoms with Gasteiger partial charge < -0.3 is 10.1 Å². The van der Waals surface area contributed by atoms with Crippen LogP contribution in [0.25, 0.3) is 0 Å². The molecule has 0 spiro atoms. The molecule has 0 aromatic heterocycles. The molecule has 0 aliphatic carbocycles. The van der Waals surface area contributed by atoms with Gasteiger partial charge in [0.2, 0.25) is 0 Å². The Morgan fingerprint density at radius 1 is 1.24 bits per heavy atom. The molecule has 96 valence electrons. The molecule has 0 saturated carbocycles. The zero-order valence-corrected chi connectivity index (χ0v) is 11.1. The summed E-state index contributed by atoms with van der Waals surface area (Å²) in [7, 11) is 0. The van der Waals surface area contributed by atoms with Gasteiger partial charge in [0, 0.05) is 30.4 Å². The minimum absolute atomic E-state index is 0.177. The lowest BCUT2D eigenvalue weighted by Gasteiger charge is -2.05. The summed E-state index contributed by atoms with van der Waals surface area (Å²) < 4.78 is 17.9. The van der Waals surface area contributed by atoms with Crippen molar-refractivity contribution in [3.8, 4) is 0 Å². The molecule has 0 radical (unpaired) electrons. The molecule has 1 N–H and O–H groups in total. The second kappa shape index (κ2) is 9.45. The molecule has 17 heavy (non-hydrogen) atoms. The normalized spacial score (nSPS) is 10.7. The second-order valence-corrected chi connectivity index (χ2v) is 4.77. The van der Waals surface area contributed by atoms with Gasteiger partial charge in [-0.05, 0) is 44.2 Å². The summed E-state index contributed by atoms with van der Waals surface area (Å²) in [6.45, 7) is 5.58. The third-order valence-electron chi connectivity index (χ3n) is 2.21. The monoisotopic (exact) mass is 257 g/mol. The summed E-state index contributed by atoms with van der Waals surface area (Å²) in [5, 5.41) is 3.35. The van der Waals surface area contributed by atoms with Gasteiger partial charge in [0.15, 0.2) is 0 Å². The maximum Gasteiger partial charge on any atom is 0.123 e. The van der Waals surface area contributed by atoms with Gasteiger partial charge in [-0.1, -0.05) is 0 Å². The molecule has 4 heteroatoms. The van der Waals surface area contributed by atoms with Gasteiger partial charge in [-0.3, -0.25) is 0 Å². The number of hydrogen-bond donors (Lipinski definition) is 1. The number of nitrogens with one attached hydrogen (secondary N) is 1. The average Bonchev–Trinajstić information content (AvgIpc) is 2.35. The number of halogens is 1. The summed E-state index contributed by atoms with van der Waals surface area (Å²) in [5.74, 6) is 0.823. The Kier molecular flexibility index (Phi) is 8.05. The van der Waals surface area contributed by atoms with Crippen LogP contribution in [0.3, 0.4) is 0 Å². The lowest BCUT2D eigenvalue weighted by Crippen LogP contribution is -2.19. The van der Waals surface area contributed by atoms with Crippen LogP contribution in [0.1, 0.15) is 13.3 Å². The SMILES string of the molecule is CCOCCCNCCSc1ccc(F)cc1. The van der Waals surface area contributed by atoms with E-state index in [9.17, 15) is 4.39 Å². The lowest BCUT2D eigenvalue weighted by molar-refractivity contribution is 0.145. The third-order valence-corrected chi connectivity index (χ3v) is 3.22. The van der Waals surface area contributed by atoms with Crippen molar-refractivity contribution in [2.45, 2.75) is 18.2 Å². The fraction of sp³-hybridized carbons (Fsp3) is 0.538. The largest absolute Gasteiger partial charge is 0.382 e. The number of hydrogen-bond acceptors (Lipinski definition) is 3. The minimum Gasteiger partial charge on any atom is -0.382 e. The average molecular weight is 257 g/mol. The highest BCUT2D eigenvalue weighted by atomic mass is 32.2. The van der Waals surface area contributed by atoms with Crippen LogP contribution in [0.2, 0.25) is 0 Å². The molecule has 0 fully saturated rings. The van der Waals surface area contributed by atoms with Gasteiger partial charge in [0.25, 0.3) is 0 Å². The van der Waals surface area contributed by atoms with E-state index in [1.54, 1.807) is 11.8 Å². The second-order valence-electron chi connectivity index (χ2n) is 3.60. The van der Waals surface area contributed by atoms with Crippen LogP contribution in [-0.4, -0.2) is 32.1 Å². The standard InChI is InChI=1S/C13H20FNOS/c1-2-16-10-3-8-15-9-11-17-13-6-4-12(14)5-7-13/h4-7,15H,2-3,8-11H2,1H3. The van der Waals surface area contributed by atoms with Crippen molar-refractivity contribution in [2.24, 2.45) is 0 Å². The number of ether oxygens (including phenoxy) is 1. The summed E-state index contributed by atoms with van der Waals surface area (Å²) in [4.78, 5) is 1.11. The third kappa shape index (κ3) is 7.36. The van der Waals surface area contributed by atoms with Crippen LogP contribution in [0.15, 0.2) is 29.2 Å². The predicted molar refractivity (Wildman–Crippen MR) is 71.1 cm³/mol. The molecule has 0 heterocycles. The Morgan fingerprint density at radius 2 is 2.00 bits per heavy atom. The van der Waals surface area contributed by atoms with Gasteiger partial charge in [-0.25, -0.2) is 4.39 Å². The first-order chi connectivity index (χ1) is 8.33. The highest BCUT2D eigenvalue weighted by molar-refractivity contribution is 7.99. The smallest absolute Gasteiger partial charge is 0.123 e. The van der Waals surface area contributed by atoms with Crippen LogP contribution in [0.5, 0.6) is 0 Å². The lowest BCUT2D eigenvalue weighted by atomic mass is 10.4. The maximum atomic E-state index is 12.6. The van der Waals surface area contributed by atoms with E-state index in [1.165, 1.54) is 12.1 Å². The molecule has 0 unspecified atom stereocenters. The number of rotatable bonds is 9. The van der Waals surface area contributed by atoms with Crippen LogP contribution in [0.4, 0.5) is 4.39 Å². The molecule has 0 amide bonds. The van der Waals surface area contributed by atoms with E-state index >= 15 is 0 Å². The molecule has 1 rings (SSSR count). The molecule has 2 nitrogen and oxygen atoms in total. The molecule has 1 aromatic rings. The van der Waals surface area contributed by atoms with Crippen molar-refractivity contribution in [3.05, 3.63) is 30.1 Å². The Bertz CT molecular complexity index is 292. The van der Waals surface area contributed by atoms with Crippen LogP contribution < -0.4 is 5.32 Å². The Hall–Kier alpha value is -0.580. The highest BCUT2D eigenvalue weighted by Gasteiger charge is 1.94. The van der Waals surface area contributed by atoms with E-state index in [-0.39, 0.29) is 5.82 Å². The van der Waals surface area contributed by atoms with E-state index in [0.717, 1.165) is 43.4 Å². The van der Waals surface area contributed by atoms with Gasteiger partial charge in [-0.2, -0.15) is 0 Å². The summed E-state index contributed by atoms with van der Waals surface area (Å²) in [6.07, 6.45) is 1.05. The summed E-state index contributed by atoms with van der Waals surface area (Å²) >= 11 is 1.74. The van der Waals surface area contributed by atoms with E-state index in [1.807, 2.05) is 19.1 Å². The zero-order valence-electron chi connectivity index (χ0n) is 10.2. The molecular formula is C13H20FNOS. The van der Waals surface area contributed by atoms with Crippen LogP contribution in [-0.2, 0) is 4.74 Å². The zero-order chi connectivity index (χ0) is 12.3. The quantitative estimate of drug-likeness (QED) is 0.543. The van der Waals surface area contributed by atoms with E-state index < -0.39 is 0 Å². The maximum absolute atomic E-state index is 12.6. The molecule has 0 saturated heterocycles. The van der Waals surface area contributed by atoms with Gasteiger partial charge in [0.05, 0.1) is 0 Å². The van der Waals surface area contributed by atoms with Crippen molar-refractivity contribution in [1.29, 1.82) is 0 Å². The van der Waals surface area contributed by atoms with Gasteiger partial charge in [0.1, 0.15) is 5.82 Å². The fourth-order valence-corrected chi connectivity index (χ4v) is 2.15. The first kappa shape index (κ1) is 14.5. The Balaban J connectivity index is 1.95. The first-order valence-electron chi connectivity index (χ1n) is 5.99. The summed E-state index contributed by atoms with van der Waals surface area (Å²) in [6, 6.07) is 6.62. The molecular weight excluding hydrogens is 237 g/mol. The van der Waals surface area contributed by atoms with Crippen molar-refractivity contribution in [2.75, 3.05) is 32.1 Å². The molecule has 0 atom stereocenters. The van der Waals surface area contributed by atoms with Crippen molar-refractivity contribution < 1.29 is 9.13 Å². The first-order valence-corrected chi connectivity index (χ1v) is 6.98. The van der Waals surface area contributed by atoms with Crippen molar-refractivity contribution >= 4 is 11.8 Å². The highest BCUT2D eigenvalue weighted by Crippen LogP contribution is 2.16. The number of thioether (sulfide) groups is 1. The van der Waals surface area contributed by atoms with Crippen molar-refractivity contribution in [3.63, 3.8) is 0 Å². The summed E-state index contributed by atoms with van der Waals surface area (Å²) in [5.41, 5.74) is 0. The van der Waals surface area contributed by atoms with Gasteiger partial charge >= 0.3 is 0 Å². The van der Waals surface area contributed by atoms with E-state index in [0.29, 0.717) is 0 Å². The molecule has 1 aromatic carbocycles. The predicted octanol–water partition coefficient (Wildman–Crippen LogP) is 2.93. The van der Waals surface area contributed by atoms with Gasteiger partial charge in [-0.15, -0.1) is 11.8 Å².